The van der Waals surface area contributed by atoms with E-state index in [0.717, 1.165) is 5.69 Å². The Balaban J connectivity index is 1.74. The summed E-state index contributed by atoms with van der Waals surface area (Å²) in [7, 11) is 0. The van der Waals surface area contributed by atoms with Gasteiger partial charge in [-0.1, -0.05) is 81.1 Å². The summed E-state index contributed by atoms with van der Waals surface area (Å²) in [5, 5.41) is 0. The molecule has 4 aromatic rings. The number of aromatic nitrogens is 2. The first-order valence-electron chi connectivity index (χ1n) is 8.89. The number of benzene rings is 3. The van der Waals surface area contributed by atoms with Gasteiger partial charge in [0.25, 0.3) is 6.33 Å². The second kappa shape index (κ2) is 5.49. The van der Waals surface area contributed by atoms with Crippen LogP contribution in [0.15, 0.2) is 76.5 Å². The molecule has 3 heteroatoms. The molecule has 2 heterocycles. The summed E-state index contributed by atoms with van der Waals surface area (Å²) in [6.07, 6.45) is 3.58. The van der Waals surface area contributed by atoms with Gasteiger partial charge in [0.2, 0.25) is 0 Å². The number of nitrogens with zero attached hydrogens (tertiary/aromatic N) is 2. The fraction of sp³-hybridized carbons (Fsp3) is 0.174. The highest BCUT2D eigenvalue weighted by Crippen LogP contribution is 2.39. The second-order valence-electron chi connectivity index (χ2n) is 7.76. The second-order valence-corrected chi connectivity index (χ2v) is 8.85. The van der Waals surface area contributed by atoms with E-state index in [1.54, 1.807) is 0 Å². The van der Waals surface area contributed by atoms with Crippen LogP contribution in [0, 0.1) is 6.33 Å². The van der Waals surface area contributed by atoms with Gasteiger partial charge in [0, 0.05) is 9.79 Å². The van der Waals surface area contributed by atoms with Gasteiger partial charge in [-0.15, -0.1) is 0 Å². The predicted octanol–water partition coefficient (Wildman–Crippen LogP) is 5.47. The highest BCUT2D eigenvalue weighted by atomic mass is 32.2. The van der Waals surface area contributed by atoms with Gasteiger partial charge in [-0.2, -0.15) is 0 Å². The Morgan fingerprint density at radius 3 is 2.35 bits per heavy atom. The van der Waals surface area contributed by atoms with E-state index in [-0.39, 0.29) is 5.41 Å². The zero-order valence-corrected chi connectivity index (χ0v) is 16.0. The van der Waals surface area contributed by atoms with Gasteiger partial charge in [0.15, 0.2) is 0 Å². The predicted molar refractivity (Wildman–Crippen MR) is 106 cm³/mol. The maximum absolute atomic E-state index is 3.58. The van der Waals surface area contributed by atoms with E-state index < -0.39 is 0 Å². The largest absolute Gasteiger partial charge is 0.292 e. The van der Waals surface area contributed by atoms with Gasteiger partial charge in [0.05, 0.1) is 22.4 Å². The van der Waals surface area contributed by atoms with Gasteiger partial charge in [-0.25, -0.2) is 0 Å². The molecule has 0 N–H and O–H groups in total. The highest BCUT2D eigenvalue weighted by molar-refractivity contribution is 7.99. The molecule has 0 atom stereocenters. The molecule has 0 unspecified atom stereocenters. The summed E-state index contributed by atoms with van der Waals surface area (Å²) in [6.45, 7) is 6.74. The lowest BCUT2D eigenvalue weighted by Crippen LogP contribution is -2.32. The first-order chi connectivity index (χ1) is 12.5. The lowest BCUT2D eigenvalue weighted by molar-refractivity contribution is -0.577. The molecule has 1 aliphatic heterocycles. The van der Waals surface area contributed by atoms with Crippen LogP contribution in [0.25, 0.3) is 22.4 Å². The first-order valence-corrected chi connectivity index (χ1v) is 9.71. The zero-order chi connectivity index (χ0) is 17.9. The highest BCUT2D eigenvalue weighted by Gasteiger charge is 2.22. The van der Waals surface area contributed by atoms with E-state index >= 15 is 0 Å². The Bertz CT molecular complexity index is 1130. The lowest BCUT2D eigenvalue weighted by atomic mass is 9.87. The van der Waals surface area contributed by atoms with Gasteiger partial charge in [-0.05, 0) is 29.2 Å². The molecule has 0 spiro atoms. The van der Waals surface area contributed by atoms with E-state index in [0.29, 0.717) is 0 Å². The van der Waals surface area contributed by atoms with Crippen LogP contribution < -0.4 is 4.57 Å². The molecule has 5 rings (SSSR count). The quantitative estimate of drug-likeness (QED) is 0.286. The molecular formula is C23H20N2S. The topological polar surface area (TPSA) is 8.81 Å². The van der Waals surface area contributed by atoms with E-state index in [1.807, 2.05) is 11.8 Å². The van der Waals surface area contributed by atoms with Crippen molar-refractivity contribution in [2.24, 2.45) is 0 Å². The number of hydrogen-bond donors (Lipinski definition) is 0. The van der Waals surface area contributed by atoms with Crippen molar-refractivity contribution in [3.05, 3.63) is 78.6 Å². The van der Waals surface area contributed by atoms with E-state index in [4.69, 9.17) is 0 Å². The Kier molecular flexibility index (Phi) is 3.32. The van der Waals surface area contributed by atoms with Crippen molar-refractivity contribution in [2.45, 2.75) is 36.0 Å². The molecule has 2 nitrogen and oxygen atoms in total. The van der Waals surface area contributed by atoms with Gasteiger partial charge in [-0.3, -0.25) is 9.13 Å². The molecule has 26 heavy (non-hydrogen) atoms. The Morgan fingerprint density at radius 2 is 1.58 bits per heavy atom. The molecule has 0 bridgehead atoms. The molecule has 0 radical (unpaired) electrons. The summed E-state index contributed by atoms with van der Waals surface area (Å²) in [4.78, 5) is 2.55. The maximum Gasteiger partial charge on any atom is 0.269 e. The van der Waals surface area contributed by atoms with E-state index in [9.17, 15) is 0 Å². The average Bonchev–Trinajstić information content (AvgIpc) is 3.03. The van der Waals surface area contributed by atoms with Crippen LogP contribution in [-0.2, 0) is 5.41 Å². The van der Waals surface area contributed by atoms with Crippen molar-refractivity contribution >= 4 is 22.8 Å². The van der Waals surface area contributed by atoms with Crippen molar-refractivity contribution < 1.29 is 4.57 Å². The van der Waals surface area contributed by atoms with Crippen molar-refractivity contribution in [3.8, 4) is 11.4 Å². The Morgan fingerprint density at radius 1 is 0.846 bits per heavy atom. The van der Waals surface area contributed by atoms with E-state index in [1.165, 1.54) is 32.1 Å². The molecule has 3 aromatic carbocycles. The fourth-order valence-electron chi connectivity index (χ4n) is 3.53. The van der Waals surface area contributed by atoms with Crippen LogP contribution in [0.1, 0.15) is 26.3 Å². The number of rotatable bonds is 1. The molecule has 0 fully saturated rings. The molecular weight excluding hydrogens is 336 g/mol. The summed E-state index contributed by atoms with van der Waals surface area (Å²) in [6, 6.07) is 23.9. The van der Waals surface area contributed by atoms with E-state index in [2.05, 4.69) is 103 Å². The molecule has 0 amide bonds. The minimum Gasteiger partial charge on any atom is -0.292 e. The third kappa shape index (κ3) is 2.31. The van der Waals surface area contributed by atoms with Gasteiger partial charge < -0.3 is 0 Å². The number of para-hydroxylation sites is 2. The van der Waals surface area contributed by atoms with Crippen molar-refractivity contribution in [2.75, 3.05) is 0 Å². The third-order valence-electron chi connectivity index (χ3n) is 4.96. The van der Waals surface area contributed by atoms with Crippen LogP contribution in [0.2, 0.25) is 0 Å². The molecule has 0 saturated heterocycles. The van der Waals surface area contributed by atoms with Gasteiger partial charge in [0.1, 0.15) is 0 Å². The molecule has 1 aromatic heterocycles. The van der Waals surface area contributed by atoms with Crippen LogP contribution in [0.5, 0.6) is 0 Å². The standard InChI is InChI=1S/C23H20N2S/c1-23(2,3)16-11-13-17(14-12-16)24-15-25-18-7-4-5-9-20(18)26-21-10-6-8-19(24)22(21)25/h4-14H,1-3H3. The van der Waals surface area contributed by atoms with Crippen molar-refractivity contribution in [1.82, 2.24) is 4.57 Å². The smallest absolute Gasteiger partial charge is 0.269 e. The third-order valence-corrected chi connectivity index (χ3v) is 6.07. The van der Waals surface area contributed by atoms with Crippen LogP contribution in [0.4, 0.5) is 0 Å². The minimum atomic E-state index is 0.159. The maximum atomic E-state index is 3.58. The zero-order valence-electron chi connectivity index (χ0n) is 15.2. The summed E-state index contributed by atoms with van der Waals surface area (Å²) >= 11 is 1.84. The summed E-state index contributed by atoms with van der Waals surface area (Å²) < 4.78 is 4.38. The van der Waals surface area contributed by atoms with Crippen LogP contribution in [-0.4, -0.2) is 4.57 Å². The molecule has 0 aliphatic carbocycles. The SMILES string of the molecule is CC(C)(C)c1ccc(-n2[c-][n+]3c4c(cccc42)Sc2ccccc2-3)cc1. The summed E-state index contributed by atoms with van der Waals surface area (Å²) in [5.41, 5.74) is 6.27. The van der Waals surface area contributed by atoms with Crippen molar-refractivity contribution in [3.63, 3.8) is 0 Å². The minimum absolute atomic E-state index is 0.159. The summed E-state index contributed by atoms with van der Waals surface area (Å²) in [5.74, 6) is 0. The first kappa shape index (κ1) is 15.7. The normalized spacial score (nSPS) is 13.0. The molecule has 128 valence electrons. The monoisotopic (exact) mass is 356 g/mol. The van der Waals surface area contributed by atoms with Crippen molar-refractivity contribution in [1.29, 1.82) is 0 Å². The average molecular weight is 356 g/mol. The van der Waals surface area contributed by atoms with Crippen LogP contribution >= 0.6 is 11.8 Å². The number of fused-ring (bicyclic) bond motifs is 2. The molecule has 1 aliphatic rings. The molecule has 0 saturated carbocycles. The number of imidazole rings is 1. The number of hydrogen-bond acceptors (Lipinski definition) is 1. The fourth-order valence-corrected chi connectivity index (χ4v) is 4.62. The Hall–Kier alpha value is -2.52. The van der Waals surface area contributed by atoms with Crippen LogP contribution in [0.3, 0.4) is 0 Å². The lowest BCUT2D eigenvalue weighted by Gasteiger charge is -2.19. The Labute approximate surface area is 158 Å². The van der Waals surface area contributed by atoms with Gasteiger partial charge >= 0.3 is 0 Å².